The Morgan fingerprint density at radius 3 is 2.67 bits per heavy atom. The van der Waals surface area contributed by atoms with Gasteiger partial charge in [-0.3, -0.25) is 4.68 Å². The molecule has 2 aromatic rings. The quantitative estimate of drug-likeness (QED) is 0.923. The van der Waals surface area contributed by atoms with E-state index in [9.17, 15) is 0 Å². The molecule has 5 heteroatoms. The number of aryl methyl sites for hydroxylation is 1. The topological polar surface area (TPSA) is 42.7 Å². The van der Waals surface area contributed by atoms with E-state index in [1.807, 2.05) is 17.8 Å². The summed E-state index contributed by atoms with van der Waals surface area (Å²) in [6.45, 7) is 10.1. The zero-order valence-corrected chi connectivity index (χ0v) is 12.2. The van der Waals surface area contributed by atoms with Gasteiger partial charge in [-0.05, 0) is 27.7 Å². The molecule has 2 rings (SSSR count). The molecule has 1 N–H and O–H groups in total. The van der Waals surface area contributed by atoms with Crippen LogP contribution in [0.1, 0.15) is 37.0 Å². The van der Waals surface area contributed by atoms with Crippen LogP contribution in [0.3, 0.4) is 0 Å². The van der Waals surface area contributed by atoms with E-state index >= 15 is 0 Å². The van der Waals surface area contributed by atoms with Gasteiger partial charge >= 0.3 is 0 Å². The van der Waals surface area contributed by atoms with Crippen molar-refractivity contribution in [2.24, 2.45) is 0 Å². The monoisotopic (exact) mass is 264 g/mol. The molecule has 0 aromatic carbocycles. The fourth-order valence-corrected chi connectivity index (χ4v) is 2.26. The van der Waals surface area contributed by atoms with E-state index < -0.39 is 0 Å². The van der Waals surface area contributed by atoms with Gasteiger partial charge in [0.05, 0.1) is 22.4 Å². The Morgan fingerprint density at radius 1 is 1.33 bits per heavy atom. The standard InChI is InChI=1S/C13H20N4S/c1-10-16-12(9-18-10)7-14-5-11-6-15-17(8-11)13(2,3)4/h6,8-9,14H,5,7H2,1-4H3. The van der Waals surface area contributed by atoms with Crippen molar-refractivity contribution in [2.75, 3.05) is 0 Å². The second kappa shape index (κ2) is 5.20. The molecule has 98 valence electrons. The summed E-state index contributed by atoms with van der Waals surface area (Å²) in [5.74, 6) is 0. The highest BCUT2D eigenvalue weighted by Gasteiger charge is 2.13. The summed E-state index contributed by atoms with van der Waals surface area (Å²) in [4.78, 5) is 4.42. The van der Waals surface area contributed by atoms with Crippen molar-refractivity contribution in [1.29, 1.82) is 0 Å². The fourth-order valence-electron chi connectivity index (χ4n) is 1.64. The Hall–Kier alpha value is -1.20. The lowest BCUT2D eigenvalue weighted by Gasteiger charge is -2.18. The van der Waals surface area contributed by atoms with E-state index in [1.165, 1.54) is 5.56 Å². The van der Waals surface area contributed by atoms with E-state index in [4.69, 9.17) is 0 Å². The summed E-state index contributed by atoms with van der Waals surface area (Å²) in [7, 11) is 0. The highest BCUT2D eigenvalue weighted by Crippen LogP contribution is 2.13. The Bertz CT molecular complexity index is 507. The number of rotatable bonds is 4. The zero-order valence-electron chi connectivity index (χ0n) is 11.4. The SMILES string of the molecule is Cc1nc(CNCc2cnn(C(C)(C)C)c2)cs1. The molecule has 4 nitrogen and oxygen atoms in total. The van der Waals surface area contributed by atoms with Crippen molar-refractivity contribution in [3.05, 3.63) is 34.0 Å². The van der Waals surface area contributed by atoms with Crippen molar-refractivity contribution >= 4 is 11.3 Å². The van der Waals surface area contributed by atoms with Crippen LogP contribution in [-0.2, 0) is 18.6 Å². The number of aromatic nitrogens is 3. The molecule has 0 unspecified atom stereocenters. The molecule has 2 heterocycles. The largest absolute Gasteiger partial charge is 0.307 e. The summed E-state index contributed by atoms with van der Waals surface area (Å²) in [6.07, 6.45) is 4.02. The molecule has 0 aliphatic carbocycles. The lowest BCUT2D eigenvalue weighted by atomic mass is 10.1. The Morgan fingerprint density at radius 2 is 2.11 bits per heavy atom. The third-order valence-corrected chi connectivity index (χ3v) is 3.45. The van der Waals surface area contributed by atoms with Gasteiger partial charge < -0.3 is 5.32 Å². The van der Waals surface area contributed by atoms with Gasteiger partial charge in [-0.15, -0.1) is 11.3 Å². The molecule has 0 spiro atoms. The first-order chi connectivity index (χ1) is 8.45. The van der Waals surface area contributed by atoms with Crippen LogP contribution in [0.4, 0.5) is 0 Å². The van der Waals surface area contributed by atoms with E-state index in [2.05, 4.69) is 47.7 Å². The van der Waals surface area contributed by atoms with E-state index in [0.717, 1.165) is 23.8 Å². The molecule has 0 saturated carbocycles. The van der Waals surface area contributed by atoms with Gasteiger partial charge in [0, 0.05) is 30.2 Å². The van der Waals surface area contributed by atoms with Crippen molar-refractivity contribution in [2.45, 2.75) is 46.3 Å². The van der Waals surface area contributed by atoms with Crippen molar-refractivity contribution in [3.8, 4) is 0 Å². The van der Waals surface area contributed by atoms with Crippen molar-refractivity contribution < 1.29 is 0 Å². The third-order valence-electron chi connectivity index (χ3n) is 2.63. The minimum absolute atomic E-state index is 0.0459. The molecule has 0 aliphatic heterocycles. The summed E-state index contributed by atoms with van der Waals surface area (Å²) in [5, 5.41) is 11.0. The lowest BCUT2D eigenvalue weighted by molar-refractivity contribution is 0.355. The van der Waals surface area contributed by atoms with Crippen LogP contribution in [0, 0.1) is 6.92 Å². The zero-order chi connectivity index (χ0) is 13.2. The molecule has 0 saturated heterocycles. The molecule has 0 aliphatic rings. The molecule has 0 bridgehead atoms. The van der Waals surface area contributed by atoms with Gasteiger partial charge in [-0.1, -0.05) is 0 Å². The summed E-state index contributed by atoms with van der Waals surface area (Å²) < 4.78 is 2.00. The van der Waals surface area contributed by atoms with Gasteiger partial charge in [-0.2, -0.15) is 5.10 Å². The predicted molar refractivity (Wildman–Crippen MR) is 74.6 cm³/mol. The molecule has 0 fully saturated rings. The smallest absolute Gasteiger partial charge is 0.0897 e. The first-order valence-electron chi connectivity index (χ1n) is 6.11. The number of hydrogen-bond acceptors (Lipinski definition) is 4. The van der Waals surface area contributed by atoms with Crippen LogP contribution in [0.15, 0.2) is 17.8 Å². The fraction of sp³-hybridized carbons (Fsp3) is 0.538. The van der Waals surface area contributed by atoms with E-state index in [-0.39, 0.29) is 5.54 Å². The van der Waals surface area contributed by atoms with Crippen LogP contribution >= 0.6 is 11.3 Å². The maximum atomic E-state index is 4.42. The molecule has 18 heavy (non-hydrogen) atoms. The highest BCUT2D eigenvalue weighted by molar-refractivity contribution is 7.09. The second-order valence-electron chi connectivity index (χ2n) is 5.43. The number of nitrogens with zero attached hydrogens (tertiary/aromatic N) is 3. The van der Waals surface area contributed by atoms with E-state index in [0.29, 0.717) is 0 Å². The van der Waals surface area contributed by atoms with E-state index in [1.54, 1.807) is 11.3 Å². The first-order valence-corrected chi connectivity index (χ1v) is 6.99. The van der Waals surface area contributed by atoms with Crippen LogP contribution in [-0.4, -0.2) is 14.8 Å². The molecule has 0 amide bonds. The van der Waals surface area contributed by atoms with Gasteiger partial charge in [-0.25, -0.2) is 4.98 Å². The van der Waals surface area contributed by atoms with Crippen LogP contribution in [0.2, 0.25) is 0 Å². The molecule has 0 atom stereocenters. The maximum absolute atomic E-state index is 4.42. The minimum atomic E-state index is 0.0459. The lowest BCUT2D eigenvalue weighted by Crippen LogP contribution is -2.22. The average molecular weight is 264 g/mol. The first kappa shape index (κ1) is 13.2. The Kier molecular flexibility index (Phi) is 3.82. The van der Waals surface area contributed by atoms with Crippen molar-refractivity contribution in [3.63, 3.8) is 0 Å². The van der Waals surface area contributed by atoms with Gasteiger partial charge in [0.15, 0.2) is 0 Å². The van der Waals surface area contributed by atoms with Gasteiger partial charge in [0.25, 0.3) is 0 Å². The van der Waals surface area contributed by atoms with Crippen molar-refractivity contribution in [1.82, 2.24) is 20.1 Å². The number of thiazole rings is 1. The molecular weight excluding hydrogens is 244 g/mol. The van der Waals surface area contributed by atoms with Gasteiger partial charge in [0.1, 0.15) is 0 Å². The van der Waals surface area contributed by atoms with Crippen LogP contribution in [0.25, 0.3) is 0 Å². The highest BCUT2D eigenvalue weighted by atomic mass is 32.1. The van der Waals surface area contributed by atoms with Crippen LogP contribution in [0.5, 0.6) is 0 Å². The number of nitrogens with one attached hydrogen (secondary N) is 1. The average Bonchev–Trinajstić information content (AvgIpc) is 2.87. The maximum Gasteiger partial charge on any atom is 0.0897 e. The molecule has 2 aromatic heterocycles. The number of hydrogen-bond donors (Lipinski definition) is 1. The normalized spacial score (nSPS) is 12.0. The third kappa shape index (κ3) is 3.40. The second-order valence-corrected chi connectivity index (χ2v) is 6.49. The Labute approximate surface area is 112 Å². The Balaban J connectivity index is 1.85. The van der Waals surface area contributed by atoms with Gasteiger partial charge in [0.2, 0.25) is 0 Å². The molecular formula is C13H20N4S. The summed E-state index contributed by atoms with van der Waals surface area (Å²) in [6, 6.07) is 0. The summed E-state index contributed by atoms with van der Waals surface area (Å²) in [5.41, 5.74) is 2.36. The van der Waals surface area contributed by atoms with Crippen LogP contribution < -0.4 is 5.32 Å². The summed E-state index contributed by atoms with van der Waals surface area (Å²) >= 11 is 1.69. The molecule has 0 radical (unpaired) electrons. The predicted octanol–water partition coefficient (Wildman–Crippen LogP) is 2.69. The minimum Gasteiger partial charge on any atom is -0.307 e.